The largest absolute Gasteiger partial charge is 0.500 e. The Balaban J connectivity index is 2.82. The molecule has 0 amide bonds. The summed E-state index contributed by atoms with van der Waals surface area (Å²) in [5, 5.41) is 1.84. The Labute approximate surface area is 81.7 Å². The summed E-state index contributed by atoms with van der Waals surface area (Å²) in [5.41, 5.74) is 0.908. The monoisotopic (exact) mass is 189 g/mol. The third-order valence-electron chi connectivity index (χ3n) is 2.27. The molecule has 0 radical (unpaired) electrons. The number of hydrogen-bond acceptors (Lipinski definition) is 3. The van der Waals surface area contributed by atoms with Crippen LogP contribution in [-0.4, -0.2) is 17.9 Å². The molecule has 2 rings (SSSR count). The molecule has 0 aromatic carbocycles. The molecule has 1 aromatic rings. The van der Waals surface area contributed by atoms with Gasteiger partial charge in [0.15, 0.2) is 5.78 Å². The van der Waals surface area contributed by atoms with E-state index in [2.05, 4.69) is 4.98 Å². The highest BCUT2D eigenvalue weighted by atomic mass is 16.5. The summed E-state index contributed by atoms with van der Waals surface area (Å²) in [6, 6.07) is 1.89. The maximum absolute atomic E-state index is 11.3. The van der Waals surface area contributed by atoms with E-state index in [1.165, 1.54) is 0 Å². The third-order valence-corrected chi connectivity index (χ3v) is 2.27. The van der Waals surface area contributed by atoms with Crippen molar-refractivity contribution in [3.63, 3.8) is 0 Å². The van der Waals surface area contributed by atoms with Gasteiger partial charge >= 0.3 is 0 Å². The quantitative estimate of drug-likeness (QED) is 0.619. The standard InChI is InChI=1S/C11H11NO2/c1-7-3-8-4-9(13)5-11(14-2)10(8)6-12-7/h3-4,6H,5H2,1-2H3. The van der Waals surface area contributed by atoms with Crippen LogP contribution in [0.1, 0.15) is 12.1 Å². The lowest BCUT2D eigenvalue weighted by atomic mass is 10.1. The molecule has 0 atom stereocenters. The van der Waals surface area contributed by atoms with Gasteiger partial charge in [0.1, 0.15) is 5.76 Å². The van der Waals surface area contributed by atoms with E-state index in [-0.39, 0.29) is 5.78 Å². The molecule has 0 spiro atoms. The van der Waals surface area contributed by atoms with Gasteiger partial charge in [-0.3, -0.25) is 9.78 Å². The Morgan fingerprint density at radius 3 is 3.00 bits per heavy atom. The minimum atomic E-state index is 0.0833. The van der Waals surface area contributed by atoms with E-state index in [0.717, 1.165) is 16.1 Å². The molecule has 3 nitrogen and oxygen atoms in total. The molecule has 0 N–H and O–H groups in total. The highest BCUT2D eigenvalue weighted by molar-refractivity contribution is 6.10. The minimum absolute atomic E-state index is 0.0833. The first-order chi connectivity index (χ1) is 6.70. The van der Waals surface area contributed by atoms with Crippen LogP contribution < -0.4 is 10.4 Å². The Bertz CT molecular complexity index is 503. The topological polar surface area (TPSA) is 39.2 Å². The summed E-state index contributed by atoms with van der Waals surface area (Å²) >= 11 is 0. The predicted octanol–water partition coefficient (Wildman–Crippen LogP) is -0.102. The fourth-order valence-electron chi connectivity index (χ4n) is 1.59. The van der Waals surface area contributed by atoms with Gasteiger partial charge in [0, 0.05) is 17.1 Å². The van der Waals surface area contributed by atoms with Crippen LogP contribution in [0.3, 0.4) is 0 Å². The summed E-state index contributed by atoms with van der Waals surface area (Å²) in [7, 11) is 1.58. The van der Waals surface area contributed by atoms with Crippen molar-refractivity contribution >= 4 is 17.6 Å². The number of ketones is 1. The Hall–Kier alpha value is -1.64. The summed E-state index contributed by atoms with van der Waals surface area (Å²) in [6.07, 6.45) is 3.74. The van der Waals surface area contributed by atoms with Gasteiger partial charge in [0.05, 0.1) is 13.5 Å². The maximum atomic E-state index is 11.3. The number of nitrogens with zero attached hydrogens (tertiary/aromatic N) is 1. The number of rotatable bonds is 1. The number of aromatic nitrogens is 1. The number of carbonyl (C=O) groups excluding carboxylic acids is 1. The lowest BCUT2D eigenvalue weighted by Crippen LogP contribution is -2.33. The van der Waals surface area contributed by atoms with Crippen LogP contribution in [0.25, 0.3) is 11.8 Å². The lowest BCUT2D eigenvalue weighted by molar-refractivity contribution is -0.112. The van der Waals surface area contributed by atoms with E-state index >= 15 is 0 Å². The van der Waals surface area contributed by atoms with Gasteiger partial charge < -0.3 is 4.74 Å². The number of aryl methyl sites for hydroxylation is 1. The number of carbonyl (C=O) groups is 1. The zero-order valence-corrected chi connectivity index (χ0v) is 8.20. The molecule has 0 fully saturated rings. The zero-order chi connectivity index (χ0) is 10.1. The normalized spacial score (nSPS) is 14.7. The Morgan fingerprint density at radius 1 is 1.50 bits per heavy atom. The van der Waals surface area contributed by atoms with Crippen molar-refractivity contribution in [2.24, 2.45) is 0 Å². The van der Waals surface area contributed by atoms with Crippen molar-refractivity contribution in [2.75, 3.05) is 7.11 Å². The highest BCUT2D eigenvalue weighted by Crippen LogP contribution is 2.04. The van der Waals surface area contributed by atoms with Crippen LogP contribution in [0.4, 0.5) is 0 Å². The lowest BCUT2D eigenvalue weighted by Gasteiger charge is -2.08. The second-order valence-electron chi connectivity index (χ2n) is 3.33. The van der Waals surface area contributed by atoms with E-state index in [9.17, 15) is 4.79 Å². The molecule has 1 aliphatic rings. The Kier molecular flexibility index (Phi) is 2.08. The van der Waals surface area contributed by atoms with Gasteiger partial charge in [-0.2, -0.15) is 0 Å². The van der Waals surface area contributed by atoms with E-state index in [0.29, 0.717) is 12.2 Å². The number of Topliss-reactive ketones (excluding diaryl/α,β-unsaturated/α-hetero) is 1. The average molecular weight is 189 g/mol. The first kappa shape index (κ1) is 8.94. The summed E-state index contributed by atoms with van der Waals surface area (Å²) in [5.74, 6) is 0.792. The van der Waals surface area contributed by atoms with Crippen molar-refractivity contribution in [2.45, 2.75) is 13.3 Å². The van der Waals surface area contributed by atoms with Gasteiger partial charge in [-0.25, -0.2) is 0 Å². The van der Waals surface area contributed by atoms with Crippen LogP contribution in [0.5, 0.6) is 0 Å². The van der Waals surface area contributed by atoms with Crippen LogP contribution in [0.15, 0.2) is 12.3 Å². The zero-order valence-electron chi connectivity index (χ0n) is 8.20. The smallest absolute Gasteiger partial charge is 0.163 e. The first-order valence-corrected chi connectivity index (χ1v) is 4.45. The molecule has 1 aromatic heterocycles. The van der Waals surface area contributed by atoms with Gasteiger partial charge in [-0.05, 0) is 24.3 Å². The van der Waals surface area contributed by atoms with E-state index in [1.807, 2.05) is 13.0 Å². The van der Waals surface area contributed by atoms with Crippen molar-refractivity contribution in [3.05, 3.63) is 28.4 Å². The molecular weight excluding hydrogens is 178 g/mol. The second-order valence-corrected chi connectivity index (χ2v) is 3.33. The fraction of sp³-hybridized carbons (Fsp3) is 0.273. The molecule has 0 saturated heterocycles. The maximum Gasteiger partial charge on any atom is 0.163 e. The van der Waals surface area contributed by atoms with Crippen molar-refractivity contribution in [1.29, 1.82) is 0 Å². The first-order valence-electron chi connectivity index (χ1n) is 4.45. The molecule has 0 aliphatic heterocycles. The van der Waals surface area contributed by atoms with Crippen molar-refractivity contribution in [1.82, 2.24) is 4.98 Å². The molecule has 72 valence electrons. The summed E-state index contributed by atoms with van der Waals surface area (Å²) in [6.45, 7) is 1.90. The highest BCUT2D eigenvalue weighted by Gasteiger charge is 2.11. The van der Waals surface area contributed by atoms with Crippen molar-refractivity contribution < 1.29 is 9.53 Å². The number of methoxy groups -OCH3 is 1. The molecule has 0 bridgehead atoms. The molecular formula is C11H11NO2. The number of ether oxygens (including phenoxy) is 1. The fourth-order valence-corrected chi connectivity index (χ4v) is 1.59. The number of fused-ring (bicyclic) bond motifs is 1. The number of hydrogen-bond donors (Lipinski definition) is 0. The van der Waals surface area contributed by atoms with E-state index in [1.54, 1.807) is 19.4 Å². The molecule has 14 heavy (non-hydrogen) atoms. The van der Waals surface area contributed by atoms with Gasteiger partial charge in [-0.15, -0.1) is 0 Å². The van der Waals surface area contributed by atoms with E-state index in [4.69, 9.17) is 4.74 Å². The Morgan fingerprint density at radius 2 is 2.29 bits per heavy atom. The van der Waals surface area contributed by atoms with Crippen molar-refractivity contribution in [3.8, 4) is 0 Å². The molecule has 1 heterocycles. The van der Waals surface area contributed by atoms with Gasteiger partial charge in [0.2, 0.25) is 0 Å². The number of pyridine rings is 1. The van der Waals surface area contributed by atoms with Gasteiger partial charge in [-0.1, -0.05) is 0 Å². The van der Waals surface area contributed by atoms with Crippen LogP contribution in [-0.2, 0) is 9.53 Å². The van der Waals surface area contributed by atoms with Crippen LogP contribution in [0.2, 0.25) is 0 Å². The summed E-state index contributed by atoms with van der Waals surface area (Å²) < 4.78 is 5.16. The molecule has 3 heteroatoms. The minimum Gasteiger partial charge on any atom is -0.500 e. The van der Waals surface area contributed by atoms with E-state index < -0.39 is 0 Å². The van der Waals surface area contributed by atoms with Crippen LogP contribution in [0, 0.1) is 6.92 Å². The molecule has 0 saturated carbocycles. The van der Waals surface area contributed by atoms with Crippen LogP contribution >= 0.6 is 0 Å². The molecule has 0 unspecified atom stereocenters. The second kappa shape index (κ2) is 3.25. The molecule has 1 aliphatic carbocycles. The average Bonchev–Trinajstić information content (AvgIpc) is 2.15. The SMILES string of the molecule is COC1=c2cnc(C)cc2=CC(=O)C1. The van der Waals surface area contributed by atoms with Gasteiger partial charge in [0.25, 0.3) is 0 Å². The summed E-state index contributed by atoms with van der Waals surface area (Å²) in [4.78, 5) is 15.5. The third kappa shape index (κ3) is 1.41. The predicted molar refractivity (Wildman–Crippen MR) is 52.7 cm³/mol.